The van der Waals surface area contributed by atoms with Crippen LogP contribution in [0.15, 0.2) is 32.2 Å². The van der Waals surface area contributed by atoms with Gasteiger partial charge in [0.1, 0.15) is 17.1 Å². The first kappa shape index (κ1) is 22.9. The van der Waals surface area contributed by atoms with Crippen LogP contribution in [-0.4, -0.2) is 70.6 Å². The van der Waals surface area contributed by atoms with Crippen molar-refractivity contribution in [1.82, 2.24) is 10.3 Å². The van der Waals surface area contributed by atoms with Crippen LogP contribution < -0.4 is 21.7 Å². The molecule has 1 aromatic carbocycles. The van der Waals surface area contributed by atoms with E-state index < -0.39 is 63.8 Å². The second-order valence-electron chi connectivity index (χ2n) is 9.35. The summed E-state index contributed by atoms with van der Waals surface area (Å²) in [6.07, 6.45) is 0.250. The van der Waals surface area contributed by atoms with E-state index in [-0.39, 0.29) is 29.6 Å². The van der Waals surface area contributed by atoms with Crippen molar-refractivity contribution >= 4 is 40.0 Å². The Morgan fingerprint density at radius 2 is 1.97 bits per heavy atom. The Labute approximate surface area is 197 Å². The van der Waals surface area contributed by atoms with Crippen molar-refractivity contribution in [3.63, 3.8) is 0 Å². The van der Waals surface area contributed by atoms with E-state index in [9.17, 15) is 34.5 Å². The summed E-state index contributed by atoms with van der Waals surface area (Å²) in [5.74, 6) is -7.29. The molecule has 1 fully saturated rings. The Morgan fingerprint density at radius 3 is 2.57 bits per heavy atom. The van der Waals surface area contributed by atoms with Gasteiger partial charge in [-0.2, -0.15) is 0 Å². The SMILES string of the molecule is CNC1C(=O)C(C(N)=O)=C(O)[C@@]2(O)C(=O)C3=C(O)c4c(c(N(C)C)cc5[nH]c(=O)oc45)C[C@H]3C[C@@H]12. The Bertz CT molecular complexity index is 1460. The number of benzene rings is 1. The van der Waals surface area contributed by atoms with Crippen molar-refractivity contribution in [3.8, 4) is 0 Å². The van der Waals surface area contributed by atoms with Gasteiger partial charge in [0, 0.05) is 31.3 Å². The van der Waals surface area contributed by atoms with Crippen molar-refractivity contribution in [1.29, 1.82) is 0 Å². The van der Waals surface area contributed by atoms with Crippen LogP contribution in [0.3, 0.4) is 0 Å². The van der Waals surface area contributed by atoms with Crippen LogP contribution in [0.4, 0.5) is 5.69 Å². The van der Waals surface area contributed by atoms with Gasteiger partial charge in [0.25, 0.3) is 5.91 Å². The maximum absolute atomic E-state index is 13.8. The molecule has 0 radical (unpaired) electrons. The van der Waals surface area contributed by atoms with Crippen LogP contribution in [0.25, 0.3) is 16.9 Å². The molecule has 0 bridgehead atoms. The molecule has 2 aromatic rings. The molecule has 0 saturated heterocycles. The zero-order chi connectivity index (χ0) is 25.6. The molecule has 1 amide bonds. The maximum atomic E-state index is 13.8. The fraction of sp³-hybridized carbons (Fsp3) is 0.391. The molecule has 0 aliphatic heterocycles. The number of nitrogens with zero attached hydrogens (tertiary/aromatic N) is 1. The number of carbonyl (C=O) groups is 3. The molecular formula is C23H24N4O8. The molecular weight excluding hydrogens is 460 g/mol. The second-order valence-corrected chi connectivity index (χ2v) is 9.35. The summed E-state index contributed by atoms with van der Waals surface area (Å²) in [5, 5.41) is 36.4. The number of aromatic nitrogens is 1. The van der Waals surface area contributed by atoms with Crippen LogP contribution in [0.2, 0.25) is 0 Å². The van der Waals surface area contributed by atoms with Gasteiger partial charge < -0.3 is 35.7 Å². The Balaban J connectivity index is 1.80. The first-order valence-electron chi connectivity index (χ1n) is 10.9. The molecule has 12 nitrogen and oxygen atoms in total. The summed E-state index contributed by atoms with van der Waals surface area (Å²) < 4.78 is 5.26. The Kier molecular flexibility index (Phi) is 4.77. The minimum Gasteiger partial charge on any atom is -0.508 e. The predicted molar refractivity (Wildman–Crippen MR) is 123 cm³/mol. The number of aromatic amines is 1. The summed E-state index contributed by atoms with van der Waals surface area (Å²) in [6.45, 7) is 0. The lowest BCUT2D eigenvalue weighted by atomic mass is 9.57. The van der Waals surface area contributed by atoms with Crippen molar-refractivity contribution in [2.45, 2.75) is 24.5 Å². The summed E-state index contributed by atoms with van der Waals surface area (Å²) in [7, 11) is 5.00. The topological polar surface area (TPSA) is 199 Å². The minimum atomic E-state index is -2.67. The third-order valence-electron chi connectivity index (χ3n) is 7.38. The van der Waals surface area contributed by atoms with Crippen molar-refractivity contribution in [3.05, 3.63) is 44.6 Å². The highest BCUT2D eigenvalue weighted by atomic mass is 16.4. The monoisotopic (exact) mass is 484 g/mol. The van der Waals surface area contributed by atoms with Gasteiger partial charge in [0.2, 0.25) is 5.78 Å². The van der Waals surface area contributed by atoms with Crippen LogP contribution in [0, 0.1) is 11.8 Å². The standard InChI is InChI=1S/C23H24N4O8/c1-25-15-9-5-7-4-8-11(27(2)3)6-10-18(35-22(33)26-10)13(8)16(28)12(7)19(30)23(9,34)20(31)14(17(15)29)21(24)32/h6-7,9,15,25,28,31,34H,4-5H2,1-3H3,(H2,24,32)(H,26,33)/t7-,9-,15?,23-/m0/s1. The number of aliphatic hydroxyl groups is 3. The highest BCUT2D eigenvalue weighted by Gasteiger charge is 2.63. The first-order valence-corrected chi connectivity index (χ1v) is 10.9. The molecule has 12 heteroatoms. The number of Topliss-reactive ketones (excluding diaryl/α,β-unsaturated/α-hetero) is 2. The third kappa shape index (κ3) is 2.80. The van der Waals surface area contributed by atoms with Crippen molar-refractivity contribution in [2.24, 2.45) is 17.6 Å². The Hall–Kier alpha value is -3.90. The van der Waals surface area contributed by atoms with E-state index in [2.05, 4.69) is 10.3 Å². The highest BCUT2D eigenvalue weighted by molar-refractivity contribution is 6.24. The third-order valence-corrected chi connectivity index (χ3v) is 7.38. The molecule has 1 heterocycles. The highest BCUT2D eigenvalue weighted by Crippen LogP contribution is 2.52. The first-order chi connectivity index (χ1) is 16.4. The quantitative estimate of drug-likeness (QED) is 0.306. The number of amides is 1. The van der Waals surface area contributed by atoms with Crippen LogP contribution in [0.5, 0.6) is 0 Å². The van der Waals surface area contributed by atoms with E-state index in [0.29, 0.717) is 16.8 Å². The largest absolute Gasteiger partial charge is 0.508 e. The number of primary amides is 1. The second kappa shape index (κ2) is 7.30. The lowest BCUT2D eigenvalue weighted by Gasteiger charge is -2.49. The molecule has 184 valence electrons. The number of H-pyrrole nitrogens is 1. The molecule has 0 spiro atoms. The molecule has 1 aromatic heterocycles. The number of nitrogens with one attached hydrogen (secondary N) is 2. The lowest BCUT2D eigenvalue weighted by Crippen LogP contribution is -2.65. The van der Waals surface area contributed by atoms with Gasteiger partial charge in [-0.15, -0.1) is 0 Å². The molecule has 7 N–H and O–H groups in total. The molecule has 1 saturated carbocycles. The molecule has 4 atom stereocenters. The molecule has 3 aliphatic carbocycles. The number of anilines is 1. The molecule has 35 heavy (non-hydrogen) atoms. The number of nitrogens with two attached hydrogens (primary N) is 1. The smallest absolute Gasteiger partial charge is 0.417 e. The van der Waals surface area contributed by atoms with Gasteiger partial charge in [-0.3, -0.25) is 19.4 Å². The molecule has 1 unspecified atom stereocenters. The van der Waals surface area contributed by atoms with Gasteiger partial charge in [-0.1, -0.05) is 0 Å². The fourth-order valence-electron chi connectivity index (χ4n) is 5.87. The maximum Gasteiger partial charge on any atom is 0.417 e. The van der Waals surface area contributed by atoms with Crippen LogP contribution >= 0.6 is 0 Å². The van der Waals surface area contributed by atoms with Gasteiger partial charge in [-0.05, 0) is 37.4 Å². The van der Waals surface area contributed by atoms with Gasteiger partial charge in [0.15, 0.2) is 17.0 Å². The molecule has 5 rings (SSSR count). The van der Waals surface area contributed by atoms with Gasteiger partial charge in [-0.25, -0.2) is 4.79 Å². The van der Waals surface area contributed by atoms with E-state index in [0.717, 1.165) is 0 Å². The van der Waals surface area contributed by atoms with E-state index in [1.807, 2.05) is 0 Å². The fourth-order valence-corrected chi connectivity index (χ4v) is 5.87. The minimum absolute atomic E-state index is 0.0242. The van der Waals surface area contributed by atoms with Crippen molar-refractivity contribution < 1.29 is 34.1 Å². The normalized spacial score (nSPS) is 28.2. The number of oxazole rings is 1. The summed E-state index contributed by atoms with van der Waals surface area (Å²) >= 11 is 0. The van der Waals surface area contributed by atoms with Crippen LogP contribution in [0.1, 0.15) is 17.5 Å². The number of fused-ring (bicyclic) bond motifs is 5. The zero-order valence-electron chi connectivity index (χ0n) is 19.1. The van der Waals surface area contributed by atoms with E-state index in [1.54, 1.807) is 25.1 Å². The van der Waals surface area contributed by atoms with E-state index in [4.69, 9.17) is 10.2 Å². The Morgan fingerprint density at radius 1 is 1.29 bits per heavy atom. The van der Waals surface area contributed by atoms with Gasteiger partial charge in [0.05, 0.1) is 17.1 Å². The number of hydrogen-bond donors (Lipinski definition) is 6. The number of rotatable bonds is 3. The number of ketones is 2. The number of aliphatic hydroxyl groups excluding tert-OH is 2. The average Bonchev–Trinajstić information content (AvgIpc) is 3.15. The van der Waals surface area contributed by atoms with E-state index in [1.165, 1.54) is 7.05 Å². The lowest BCUT2D eigenvalue weighted by molar-refractivity contribution is -0.150. The zero-order valence-corrected chi connectivity index (χ0v) is 19.1. The number of likely N-dealkylation sites (N-methyl/N-ethyl adjacent to an activating group) is 1. The van der Waals surface area contributed by atoms with E-state index >= 15 is 0 Å². The predicted octanol–water partition coefficient (Wildman–Crippen LogP) is -0.583. The van der Waals surface area contributed by atoms with Crippen LogP contribution in [-0.2, 0) is 20.8 Å². The summed E-state index contributed by atoms with van der Waals surface area (Å²) in [5.41, 5.74) is 3.35. The molecule has 3 aliphatic rings. The average molecular weight is 484 g/mol. The number of carbonyl (C=O) groups excluding carboxylic acids is 3. The number of hydrogen-bond acceptors (Lipinski definition) is 10. The van der Waals surface area contributed by atoms with Crippen molar-refractivity contribution in [2.75, 3.05) is 26.0 Å². The summed E-state index contributed by atoms with van der Waals surface area (Å²) in [4.78, 5) is 54.9. The van der Waals surface area contributed by atoms with Gasteiger partial charge >= 0.3 is 5.76 Å². The summed E-state index contributed by atoms with van der Waals surface area (Å²) in [6, 6.07) is 0.526.